The van der Waals surface area contributed by atoms with E-state index in [0.29, 0.717) is 0 Å². The van der Waals surface area contributed by atoms with Crippen LogP contribution in [-0.2, 0) is 0 Å². The summed E-state index contributed by atoms with van der Waals surface area (Å²) in [6.45, 7) is 2.01. The first-order chi connectivity index (χ1) is 5.18. The van der Waals surface area contributed by atoms with Gasteiger partial charge in [0.05, 0.1) is 0 Å². The van der Waals surface area contributed by atoms with E-state index in [1.807, 2.05) is 31.2 Å². The van der Waals surface area contributed by atoms with E-state index in [-0.39, 0.29) is 19.8 Å². The minimum absolute atomic E-state index is 0.201. The first-order valence-corrected chi connectivity index (χ1v) is 4.94. The average molecular weight is 214 g/mol. The number of benzene rings is 1. The predicted octanol–water partition coefficient (Wildman–Crippen LogP) is 0.403. The molecule has 0 aliphatic rings. The monoisotopic (exact) mass is 215 g/mol. The van der Waals surface area contributed by atoms with Gasteiger partial charge < -0.3 is 0 Å². The fourth-order valence-electron chi connectivity index (χ4n) is 0.722. The first-order valence-electron chi connectivity index (χ1n) is 3.22. The fourth-order valence-corrected chi connectivity index (χ4v) is 1.78. The number of hydrogen-bond donors (Lipinski definition) is 1. The van der Waals surface area contributed by atoms with Crippen LogP contribution in [0.3, 0.4) is 0 Å². The molecule has 1 aromatic rings. The van der Waals surface area contributed by atoms with E-state index < -0.39 is 0 Å². The molecule has 2 N–H and O–H groups in total. The topological polar surface area (TPSA) is 43.1 Å². The molecule has 1 amide bonds. The van der Waals surface area contributed by atoms with Crippen molar-refractivity contribution in [1.82, 2.24) is 0 Å². The number of carbonyl (C=O) groups is 1. The quantitative estimate of drug-likeness (QED) is 0.711. The molecule has 0 atom stereocenters. The van der Waals surface area contributed by atoms with Crippen molar-refractivity contribution < 1.29 is 4.79 Å². The van der Waals surface area contributed by atoms with Gasteiger partial charge in [0.15, 0.2) is 0 Å². The molecule has 0 aliphatic carbocycles. The molecule has 11 heavy (non-hydrogen) atoms. The van der Waals surface area contributed by atoms with Gasteiger partial charge in [-0.1, -0.05) is 0 Å². The molecule has 0 bridgehead atoms. The summed E-state index contributed by atoms with van der Waals surface area (Å²) in [6, 6.07) is 7.86. The Hall–Kier alpha value is -0.791. The summed E-state index contributed by atoms with van der Waals surface area (Å²) in [6.07, 6.45) is 0. The van der Waals surface area contributed by atoms with Gasteiger partial charge in [0.25, 0.3) is 0 Å². The van der Waals surface area contributed by atoms with Crippen molar-refractivity contribution in [3.63, 3.8) is 0 Å². The molecule has 58 valence electrons. The van der Waals surface area contributed by atoms with E-state index >= 15 is 0 Å². The van der Waals surface area contributed by atoms with E-state index in [9.17, 15) is 4.79 Å². The summed E-state index contributed by atoms with van der Waals surface area (Å²) >= 11 is -0.201. The van der Waals surface area contributed by atoms with Crippen LogP contribution >= 0.6 is 0 Å². The molecule has 0 radical (unpaired) electrons. The molecule has 1 aromatic carbocycles. The Morgan fingerprint density at radius 2 is 1.91 bits per heavy atom. The Bertz CT molecular complexity index is 255. The number of nitrogens with two attached hydrogens (primary N) is 1. The molecule has 3 heteroatoms. The summed E-state index contributed by atoms with van der Waals surface area (Å²) in [5.41, 5.74) is 6.25. The van der Waals surface area contributed by atoms with Gasteiger partial charge in [-0.3, -0.25) is 0 Å². The molecule has 0 fully saturated rings. The van der Waals surface area contributed by atoms with Crippen molar-refractivity contribution in [1.29, 1.82) is 0 Å². The maximum atomic E-state index is 10.5. The van der Waals surface area contributed by atoms with E-state index in [1.54, 1.807) is 0 Å². The number of carbonyl (C=O) groups excluding carboxylic acids is 1. The Balaban J connectivity index is 2.74. The summed E-state index contributed by atoms with van der Waals surface area (Å²) in [5, 5.41) is 0. The molecule has 0 aliphatic heterocycles. The minimum atomic E-state index is -0.221. The number of primary amides is 1. The zero-order valence-corrected chi connectivity index (χ0v) is 7.92. The van der Waals surface area contributed by atoms with E-state index in [1.165, 1.54) is 5.56 Å². The molecule has 0 spiro atoms. The van der Waals surface area contributed by atoms with Crippen LogP contribution < -0.4 is 10.2 Å². The molecular weight excluding hydrogens is 205 g/mol. The van der Waals surface area contributed by atoms with Crippen molar-refractivity contribution in [3.05, 3.63) is 29.8 Å². The zero-order chi connectivity index (χ0) is 8.27. The van der Waals surface area contributed by atoms with Crippen molar-refractivity contribution in [2.75, 3.05) is 0 Å². The number of rotatable bonds is 2. The number of aryl methyl sites for hydroxylation is 1. The van der Waals surface area contributed by atoms with E-state index in [0.717, 1.165) is 4.46 Å². The molecule has 2 nitrogen and oxygen atoms in total. The van der Waals surface area contributed by atoms with Crippen molar-refractivity contribution in [3.8, 4) is 0 Å². The Morgan fingerprint density at radius 3 is 2.36 bits per heavy atom. The standard InChI is InChI=1S/C8H9NOSe/c1-6-2-4-7(5-3-6)11-8(9)10/h2-5H,1H3,(H2,9,10). The third-order valence-electron chi connectivity index (χ3n) is 1.24. The van der Waals surface area contributed by atoms with Crippen LogP contribution in [0.25, 0.3) is 0 Å². The van der Waals surface area contributed by atoms with Crippen LogP contribution in [0.4, 0.5) is 4.79 Å². The van der Waals surface area contributed by atoms with Crippen LogP contribution in [0.1, 0.15) is 5.56 Å². The van der Waals surface area contributed by atoms with Gasteiger partial charge in [0.2, 0.25) is 0 Å². The predicted molar refractivity (Wildman–Crippen MR) is 46.2 cm³/mol. The molecule has 0 saturated heterocycles. The second-order valence-electron chi connectivity index (χ2n) is 2.23. The number of hydrogen-bond acceptors (Lipinski definition) is 1. The molecule has 0 unspecified atom stereocenters. The molecular formula is C8H9NOSe. The molecule has 0 heterocycles. The van der Waals surface area contributed by atoms with Crippen molar-refractivity contribution in [2.45, 2.75) is 6.92 Å². The van der Waals surface area contributed by atoms with Crippen LogP contribution in [0, 0.1) is 6.92 Å². The summed E-state index contributed by atoms with van der Waals surface area (Å²) in [5.74, 6) is 0. The van der Waals surface area contributed by atoms with Gasteiger partial charge in [-0.2, -0.15) is 0 Å². The Kier molecular flexibility index (Phi) is 2.69. The summed E-state index contributed by atoms with van der Waals surface area (Å²) < 4.78 is 1.04. The van der Waals surface area contributed by atoms with Crippen LogP contribution in [0.15, 0.2) is 24.3 Å². The van der Waals surface area contributed by atoms with Crippen molar-refractivity contribution >= 4 is 24.2 Å². The van der Waals surface area contributed by atoms with Gasteiger partial charge in [-0.25, -0.2) is 0 Å². The van der Waals surface area contributed by atoms with Gasteiger partial charge in [0, 0.05) is 0 Å². The van der Waals surface area contributed by atoms with Gasteiger partial charge >= 0.3 is 71.5 Å². The fraction of sp³-hybridized carbons (Fsp3) is 0.125. The second-order valence-corrected chi connectivity index (χ2v) is 4.50. The molecule has 0 aromatic heterocycles. The summed E-state index contributed by atoms with van der Waals surface area (Å²) in [7, 11) is 0. The second kappa shape index (κ2) is 3.56. The van der Waals surface area contributed by atoms with Crippen LogP contribution in [-0.4, -0.2) is 19.8 Å². The Morgan fingerprint density at radius 1 is 1.36 bits per heavy atom. The van der Waals surface area contributed by atoms with Crippen LogP contribution in [0.5, 0.6) is 0 Å². The van der Waals surface area contributed by atoms with Crippen molar-refractivity contribution in [2.24, 2.45) is 5.73 Å². The third-order valence-corrected chi connectivity index (χ3v) is 2.73. The Labute approximate surface area is 71.9 Å². The molecule has 0 saturated carbocycles. The van der Waals surface area contributed by atoms with Crippen LogP contribution in [0.2, 0.25) is 0 Å². The zero-order valence-electron chi connectivity index (χ0n) is 6.20. The van der Waals surface area contributed by atoms with Gasteiger partial charge in [0.1, 0.15) is 0 Å². The van der Waals surface area contributed by atoms with Gasteiger partial charge in [-0.05, 0) is 0 Å². The third kappa shape index (κ3) is 2.74. The average Bonchev–Trinajstić information content (AvgIpc) is 1.93. The van der Waals surface area contributed by atoms with E-state index in [4.69, 9.17) is 5.73 Å². The molecule has 1 rings (SSSR count). The van der Waals surface area contributed by atoms with E-state index in [2.05, 4.69) is 0 Å². The SMILES string of the molecule is Cc1ccc([Se]C(N)=O)cc1. The number of amides is 1. The first kappa shape index (κ1) is 8.31. The maximum absolute atomic E-state index is 10.5. The van der Waals surface area contributed by atoms with Gasteiger partial charge in [-0.15, -0.1) is 0 Å². The normalized spacial score (nSPS) is 9.55. The summed E-state index contributed by atoms with van der Waals surface area (Å²) in [4.78, 5) is 10.3.